The Balaban J connectivity index is 1.64. The van der Waals surface area contributed by atoms with Gasteiger partial charge >= 0.3 is 0 Å². The molecule has 0 amide bonds. The summed E-state index contributed by atoms with van der Waals surface area (Å²) in [6.07, 6.45) is 6.86. The molecule has 2 atom stereocenters. The SMILES string of the molecule is CC(C)(C)NCc1ccc(N2CCC3CCCCC32)nn1. The normalized spacial score (nSPS) is 26.0. The molecular formula is C17H28N4. The number of fused-ring (bicyclic) bond motifs is 1. The van der Waals surface area contributed by atoms with Gasteiger partial charge < -0.3 is 10.2 Å². The van der Waals surface area contributed by atoms with Gasteiger partial charge in [0, 0.05) is 24.7 Å². The molecule has 1 aliphatic heterocycles. The number of nitrogens with one attached hydrogen (secondary N) is 1. The van der Waals surface area contributed by atoms with Gasteiger partial charge in [0.05, 0.1) is 5.69 Å². The highest BCUT2D eigenvalue weighted by Gasteiger charge is 2.36. The average Bonchev–Trinajstić information content (AvgIpc) is 2.89. The first kappa shape index (κ1) is 14.8. The predicted octanol–water partition coefficient (Wildman–Crippen LogP) is 3.13. The maximum atomic E-state index is 4.49. The smallest absolute Gasteiger partial charge is 0.151 e. The zero-order chi connectivity index (χ0) is 14.9. The van der Waals surface area contributed by atoms with E-state index in [0.717, 1.165) is 30.5 Å². The molecule has 2 fully saturated rings. The minimum atomic E-state index is 0.116. The van der Waals surface area contributed by atoms with Crippen molar-refractivity contribution in [3.63, 3.8) is 0 Å². The number of rotatable bonds is 3. The van der Waals surface area contributed by atoms with Crippen LogP contribution in [0.1, 0.15) is 58.6 Å². The van der Waals surface area contributed by atoms with Gasteiger partial charge in [-0.3, -0.25) is 0 Å². The number of hydrogen-bond donors (Lipinski definition) is 1. The summed E-state index contributed by atoms with van der Waals surface area (Å²) in [5.74, 6) is 1.96. The molecule has 0 aromatic carbocycles. The molecule has 0 radical (unpaired) electrons. The van der Waals surface area contributed by atoms with E-state index >= 15 is 0 Å². The maximum Gasteiger partial charge on any atom is 0.151 e. The van der Waals surface area contributed by atoms with Crippen molar-refractivity contribution in [3.8, 4) is 0 Å². The van der Waals surface area contributed by atoms with Crippen LogP contribution in [-0.4, -0.2) is 28.3 Å². The molecule has 4 heteroatoms. The van der Waals surface area contributed by atoms with Gasteiger partial charge in [-0.1, -0.05) is 12.8 Å². The van der Waals surface area contributed by atoms with Crippen molar-refractivity contribution in [2.45, 2.75) is 71.0 Å². The van der Waals surface area contributed by atoms with Crippen molar-refractivity contribution in [2.24, 2.45) is 5.92 Å². The van der Waals surface area contributed by atoms with Crippen LogP contribution < -0.4 is 10.2 Å². The first-order valence-corrected chi connectivity index (χ1v) is 8.37. The van der Waals surface area contributed by atoms with E-state index in [1.165, 1.54) is 32.1 Å². The number of hydrogen-bond acceptors (Lipinski definition) is 4. The maximum absolute atomic E-state index is 4.49. The van der Waals surface area contributed by atoms with Crippen molar-refractivity contribution < 1.29 is 0 Å². The molecular weight excluding hydrogens is 260 g/mol. The van der Waals surface area contributed by atoms with Gasteiger partial charge in [-0.05, 0) is 58.1 Å². The van der Waals surface area contributed by atoms with Gasteiger partial charge in [0.2, 0.25) is 0 Å². The molecule has 1 aromatic heterocycles. The quantitative estimate of drug-likeness (QED) is 0.928. The Morgan fingerprint density at radius 2 is 1.95 bits per heavy atom. The predicted molar refractivity (Wildman–Crippen MR) is 86.3 cm³/mol. The van der Waals surface area contributed by atoms with E-state index in [1.807, 2.05) is 0 Å². The highest BCUT2D eigenvalue weighted by molar-refractivity contribution is 5.41. The molecule has 4 nitrogen and oxygen atoms in total. The van der Waals surface area contributed by atoms with Crippen LogP contribution in [0.25, 0.3) is 0 Å². The van der Waals surface area contributed by atoms with Gasteiger partial charge in [-0.25, -0.2) is 0 Å². The Kier molecular flexibility index (Phi) is 4.16. The lowest BCUT2D eigenvalue weighted by atomic mass is 9.85. The van der Waals surface area contributed by atoms with Crippen molar-refractivity contribution in [1.29, 1.82) is 0 Å². The second kappa shape index (κ2) is 5.91. The van der Waals surface area contributed by atoms with Crippen molar-refractivity contribution in [2.75, 3.05) is 11.4 Å². The molecule has 1 saturated heterocycles. The zero-order valence-corrected chi connectivity index (χ0v) is 13.6. The summed E-state index contributed by atoms with van der Waals surface area (Å²) in [6, 6.07) is 4.99. The van der Waals surface area contributed by atoms with E-state index in [4.69, 9.17) is 0 Å². The Hall–Kier alpha value is -1.16. The average molecular weight is 288 g/mol. The summed E-state index contributed by atoms with van der Waals surface area (Å²) in [7, 11) is 0. The molecule has 2 heterocycles. The Morgan fingerprint density at radius 1 is 1.14 bits per heavy atom. The largest absolute Gasteiger partial charge is 0.352 e. The van der Waals surface area contributed by atoms with Crippen molar-refractivity contribution >= 4 is 5.82 Å². The van der Waals surface area contributed by atoms with Crippen LogP contribution >= 0.6 is 0 Å². The third-order valence-corrected chi connectivity index (χ3v) is 4.81. The molecule has 1 aromatic rings. The molecule has 1 aliphatic carbocycles. The minimum absolute atomic E-state index is 0.116. The molecule has 1 saturated carbocycles. The lowest BCUT2D eigenvalue weighted by Gasteiger charge is -2.32. The number of anilines is 1. The summed E-state index contributed by atoms with van der Waals surface area (Å²) >= 11 is 0. The Morgan fingerprint density at radius 3 is 2.67 bits per heavy atom. The minimum Gasteiger partial charge on any atom is -0.352 e. The third kappa shape index (κ3) is 3.54. The van der Waals surface area contributed by atoms with Crippen LogP contribution in [0.15, 0.2) is 12.1 Å². The second-order valence-electron chi connectivity index (χ2n) is 7.58. The van der Waals surface area contributed by atoms with E-state index < -0.39 is 0 Å². The summed E-state index contributed by atoms with van der Waals surface area (Å²) in [5, 5.41) is 12.4. The summed E-state index contributed by atoms with van der Waals surface area (Å²) < 4.78 is 0. The molecule has 2 aliphatic rings. The fourth-order valence-corrected chi connectivity index (χ4v) is 3.65. The standard InChI is InChI=1S/C17H28N4/c1-17(2,3)18-12-14-8-9-16(20-19-14)21-11-10-13-6-4-5-7-15(13)21/h8-9,13,15,18H,4-7,10-12H2,1-3H3. The van der Waals surface area contributed by atoms with Crippen LogP contribution in [0.4, 0.5) is 5.82 Å². The molecule has 0 bridgehead atoms. The van der Waals surface area contributed by atoms with Crippen molar-refractivity contribution in [1.82, 2.24) is 15.5 Å². The van der Waals surface area contributed by atoms with Gasteiger partial charge in [0.1, 0.15) is 0 Å². The van der Waals surface area contributed by atoms with Gasteiger partial charge in [0.15, 0.2) is 5.82 Å². The van der Waals surface area contributed by atoms with E-state index in [-0.39, 0.29) is 5.54 Å². The van der Waals surface area contributed by atoms with E-state index in [0.29, 0.717) is 6.04 Å². The lowest BCUT2D eigenvalue weighted by Crippen LogP contribution is -2.36. The number of aromatic nitrogens is 2. The third-order valence-electron chi connectivity index (χ3n) is 4.81. The summed E-state index contributed by atoms with van der Waals surface area (Å²) in [4.78, 5) is 2.50. The van der Waals surface area contributed by atoms with Gasteiger partial charge in [-0.15, -0.1) is 5.10 Å². The molecule has 116 valence electrons. The Bertz CT molecular complexity index is 463. The van der Waals surface area contributed by atoms with Crippen LogP contribution in [0, 0.1) is 5.92 Å². The van der Waals surface area contributed by atoms with E-state index in [9.17, 15) is 0 Å². The first-order valence-electron chi connectivity index (χ1n) is 8.37. The van der Waals surface area contributed by atoms with Crippen molar-refractivity contribution in [3.05, 3.63) is 17.8 Å². The Labute approximate surface area is 128 Å². The van der Waals surface area contributed by atoms with Crippen LogP contribution in [0.3, 0.4) is 0 Å². The van der Waals surface area contributed by atoms with E-state index in [1.54, 1.807) is 0 Å². The van der Waals surface area contributed by atoms with Crippen LogP contribution in [0.2, 0.25) is 0 Å². The van der Waals surface area contributed by atoms with Gasteiger partial charge in [0.25, 0.3) is 0 Å². The highest BCUT2D eigenvalue weighted by Crippen LogP contribution is 2.37. The first-order chi connectivity index (χ1) is 10.0. The summed E-state index contributed by atoms with van der Waals surface area (Å²) in [5.41, 5.74) is 1.14. The highest BCUT2D eigenvalue weighted by atomic mass is 15.3. The topological polar surface area (TPSA) is 41.0 Å². The number of nitrogens with zero attached hydrogens (tertiary/aromatic N) is 3. The second-order valence-corrected chi connectivity index (χ2v) is 7.58. The molecule has 1 N–H and O–H groups in total. The summed E-state index contributed by atoms with van der Waals surface area (Å²) in [6.45, 7) is 8.44. The van der Waals surface area contributed by atoms with E-state index in [2.05, 4.69) is 53.3 Å². The fourth-order valence-electron chi connectivity index (χ4n) is 3.65. The molecule has 3 rings (SSSR count). The van der Waals surface area contributed by atoms with Gasteiger partial charge in [-0.2, -0.15) is 5.10 Å². The van der Waals surface area contributed by atoms with Crippen LogP contribution in [0.5, 0.6) is 0 Å². The molecule has 21 heavy (non-hydrogen) atoms. The zero-order valence-electron chi connectivity index (χ0n) is 13.6. The molecule has 0 spiro atoms. The monoisotopic (exact) mass is 288 g/mol. The fraction of sp³-hybridized carbons (Fsp3) is 0.765. The molecule has 2 unspecified atom stereocenters. The van der Waals surface area contributed by atoms with Crippen LogP contribution in [-0.2, 0) is 6.54 Å². The lowest BCUT2D eigenvalue weighted by molar-refractivity contribution is 0.341.